The van der Waals surface area contributed by atoms with Gasteiger partial charge in [0.2, 0.25) is 0 Å². The minimum absolute atomic E-state index is 0.0670. The van der Waals surface area contributed by atoms with E-state index in [0.29, 0.717) is 25.7 Å². The molecule has 1 aromatic carbocycles. The van der Waals surface area contributed by atoms with Gasteiger partial charge in [-0.2, -0.15) is 0 Å². The second-order valence-corrected chi connectivity index (χ2v) is 9.26. The Hall–Kier alpha value is -2.08. The average molecular weight is 414 g/mol. The summed E-state index contributed by atoms with van der Waals surface area (Å²) in [6, 6.07) is 10.1. The monoisotopic (exact) mass is 413 g/mol. The molecule has 6 heteroatoms. The highest BCUT2D eigenvalue weighted by molar-refractivity contribution is 5.94. The van der Waals surface area contributed by atoms with E-state index in [4.69, 9.17) is 4.74 Å². The highest BCUT2D eigenvalue weighted by Gasteiger charge is 2.47. The highest BCUT2D eigenvalue weighted by atomic mass is 16.6. The quantitative estimate of drug-likeness (QED) is 0.712. The van der Waals surface area contributed by atoms with Gasteiger partial charge in [-0.1, -0.05) is 37.5 Å². The van der Waals surface area contributed by atoms with Gasteiger partial charge in [0.05, 0.1) is 6.54 Å². The number of nitrogens with zero attached hydrogens (tertiary/aromatic N) is 3. The Morgan fingerprint density at radius 3 is 2.53 bits per heavy atom. The number of likely N-dealkylation sites (tertiary alicyclic amines) is 1. The lowest BCUT2D eigenvalue weighted by atomic mass is 9.91. The van der Waals surface area contributed by atoms with Crippen LogP contribution in [0.25, 0.3) is 0 Å². The zero-order valence-electron chi connectivity index (χ0n) is 18.2. The SMILES string of the molecule is CN(CCCN1CC2(CCN(C(=O)c3ccccc3)CC2)OC1=O)C1CCCCC1. The fraction of sp³-hybridized carbons (Fsp3) is 0.667. The average Bonchev–Trinajstić information content (AvgIpc) is 3.09. The zero-order chi connectivity index (χ0) is 21.0. The molecule has 30 heavy (non-hydrogen) atoms. The Morgan fingerprint density at radius 2 is 1.83 bits per heavy atom. The fourth-order valence-electron chi connectivity index (χ4n) is 5.22. The Balaban J connectivity index is 1.23. The van der Waals surface area contributed by atoms with Crippen molar-refractivity contribution >= 4 is 12.0 Å². The zero-order valence-corrected chi connectivity index (χ0v) is 18.2. The predicted octanol–water partition coefficient (Wildman–Crippen LogP) is 3.77. The molecule has 164 valence electrons. The van der Waals surface area contributed by atoms with Crippen molar-refractivity contribution < 1.29 is 14.3 Å². The van der Waals surface area contributed by atoms with Crippen LogP contribution < -0.4 is 0 Å². The van der Waals surface area contributed by atoms with Crippen molar-refractivity contribution in [2.75, 3.05) is 39.8 Å². The maximum Gasteiger partial charge on any atom is 0.410 e. The van der Waals surface area contributed by atoms with Gasteiger partial charge in [0.15, 0.2) is 0 Å². The van der Waals surface area contributed by atoms with Gasteiger partial charge < -0.3 is 19.4 Å². The lowest BCUT2D eigenvalue weighted by molar-refractivity contribution is 0.00313. The van der Waals surface area contributed by atoms with E-state index in [1.54, 1.807) is 0 Å². The molecular formula is C24H35N3O3. The van der Waals surface area contributed by atoms with Crippen molar-refractivity contribution in [2.45, 2.75) is 63.0 Å². The lowest BCUT2D eigenvalue weighted by Gasteiger charge is -2.37. The van der Waals surface area contributed by atoms with Crippen molar-refractivity contribution in [3.63, 3.8) is 0 Å². The molecule has 1 aliphatic carbocycles. The van der Waals surface area contributed by atoms with Crippen LogP contribution in [0.3, 0.4) is 0 Å². The van der Waals surface area contributed by atoms with Gasteiger partial charge in [0.1, 0.15) is 5.60 Å². The molecule has 1 aromatic rings. The summed E-state index contributed by atoms with van der Waals surface area (Å²) in [5.41, 5.74) is 0.306. The Morgan fingerprint density at radius 1 is 1.13 bits per heavy atom. The summed E-state index contributed by atoms with van der Waals surface area (Å²) in [4.78, 5) is 31.4. The molecular weight excluding hydrogens is 378 g/mol. The number of benzene rings is 1. The molecule has 2 aliphatic heterocycles. The molecule has 0 bridgehead atoms. The maximum absolute atomic E-state index is 12.7. The van der Waals surface area contributed by atoms with Crippen molar-refractivity contribution in [1.82, 2.24) is 14.7 Å². The molecule has 0 radical (unpaired) electrons. The smallest absolute Gasteiger partial charge is 0.410 e. The number of carbonyl (C=O) groups is 2. The third-order valence-corrected chi connectivity index (χ3v) is 7.16. The summed E-state index contributed by atoms with van der Waals surface area (Å²) in [6.07, 6.45) is 8.92. The first-order valence-electron chi connectivity index (χ1n) is 11.6. The molecule has 1 spiro atoms. The first-order chi connectivity index (χ1) is 14.6. The van der Waals surface area contributed by atoms with Crippen LogP contribution in [0.4, 0.5) is 4.79 Å². The van der Waals surface area contributed by atoms with E-state index in [1.165, 1.54) is 32.1 Å². The largest absolute Gasteiger partial charge is 0.441 e. The number of amides is 2. The van der Waals surface area contributed by atoms with Crippen molar-refractivity contribution in [1.29, 1.82) is 0 Å². The molecule has 0 aromatic heterocycles. The Kier molecular flexibility index (Phi) is 6.61. The van der Waals surface area contributed by atoms with Gasteiger partial charge in [0.25, 0.3) is 5.91 Å². The number of ether oxygens (including phenoxy) is 1. The Bertz CT molecular complexity index is 724. The van der Waals surface area contributed by atoms with Crippen LogP contribution in [0.5, 0.6) is 0 Å². The van der Waals surface area contributed by atoms with Crippen LogP contribution in [-0.4, -0.2) is 78.1 Å². The topological polar surface area (TPSA) is 53.1 Å². The van der Waals surface area contributed by atoms with Gasteiger partial charge in [-0.15, -0.1) is 0 Å². The molecule has 6 nitrogen and oxygen atoms in total. The maximum atomic E-state index is 12.7. The van der Waals surface area contributed by atoms with Gasteiger partial charge in [0, 0.05) is 44.1 Å². The number of carbonyl (C=O) groups excluding carboxylic acids is 2. The van der Waals surface area contributed by atoms with Crippen LogP contribution in [0.2, 0.25) is 0 Å². The third-order valence-electron chi connectivity index (χ3n) is 7.16. The van der Waals surface area contributed by atoms with Crippen LogP contribution in [0.1, 0.15) is 61.7 Å². The van der Waals surface area contributed by atoms with E-state index >= 15 is 0 Å². The summed E-state index contributed by atoms with van der Waals surface area (Å²) in [5.74, 6) is 0.0670. The molecule has 0 unspecified atom stereocenters. The molecule has 2 saturated heterocycles. The minimum Gasteiger partial charge on any atom is -0.441 e. The molecule has 0 N–H and O–H groups in total. The van der Waals surface area contributed by atoms with Gasteiger partial charge >= 0.3 is 6.09 Å². The summed E-state index contributed by atoms with van der Waals surface area (Å²) in [7, 11) is 2.22. The summed E-state index contributed by atoms with van der Waals surface area (Å²) in [6.45, 7) is 3.72. The normalized spacial score (nSPS) is 22.0. The fourth-order valence-corrected chi connectivity index (χ4v) is 5.22. The van der Waals surface area contributed by atoms with Crippen LogP contribution >= 0.6 is 0 Å². The van der Waals surface area contributed by atoms with Crippen LogP contribution in [-0.2, 0) is 4.74 Å². The van der Waals surface area contributed by atoms with E-state index in [2.05, 4.69) is 11.9 Å². The number of hydrogen-bond acceptors (Lipinski definition) is 4. The van der Waals surface area contributed by atoms with Gasteiger partial charge in [-0.3, -0.25) is 4.79 Å². The van der Waals surface area contributed by atoms with Crippen LogP contribution in [0.15, 0.2) is 30.3 Å². The third kappa shape index (κ3) is 4.80. The summed E-state index contributed by atoms with van der Waals surface area (Å²) in [5, 5.41) is 0. The first-order valence-corrected chi connectivity index (χ1v) is 11.6. The predicted molar refractivity (Wildman–Crippen MR) is 116 cm³/mol. The molecule has 3 aliphatic rings. The van der Waals surface area contributed by atoms with Crippen molar-refractivity contribution in [2.24, 2.45) is 0 Å². The summed E-state index contributed by atoms with van der Waals surface area (Å²) < 4.78 is 5.85. The molecule has 4 rings (SSSR count). The number of rotatable bonds is 6. The Labute approximate surface area is 180 Å². The van der Waals surface area contributed by atoms with E-state index in [9.17, 15) is 9.59 Å². The second-order valence-electron chi connectivity index (χ2n) is 9.26. The highest BCUT2D eigenvalue weighted by Crippen LogP contribution is 2.33. The van der Waals surface area contributed by atoms with Crippen LogP contribution in [0, 0.1) is 0 Å². The number of piperidine rings is 1. The molecule has 2 amide bonds. The molecule has 1 saturated carbocycles. The standard InChI is InChI=1S/C24H35N3O3/c1-25(21-11-6-3-7-12-21)15-8-16-27-19-24(30-23(27)29)13-17-26(18-14-24)22(28)20-9-4-2-5-10-20/h2,4-5,9-10,21H,3,6-8,11-19H2,1H3. The second kappa shape index (κ2) is 9.38. The van der Waals surface area contributed by atoms with E-state index in [0.717, 1.165) is 37.9 Å². The minimum atomic E-state index is -0.417. The first kappa shape index (κ1) is 21.2. The van der Waals surface area contributed by atoms with E-state index in [1.807, 2.05) is 40.1 Å². The van der Waals surface area contributed by atoms with E-state index in [-0.39, 0.29) is 12.0 Å². The van der Waals surface area contributed by atoms with Crippen molar-refractivity contribution in [3.8, 4) is 0 Å². The van der Waals surface area contributed by atoms with Crippen molar-refractivity contribution in [3.05, 3.63) is 35.9 Å². The van der Waals surface area contributed by atoms with Gasteiger partial charge in [-0.25, -0.2) is 4.79 Å². The number of hydrogen-bond donors (Lipinski definition) is 0. The molecule has 0 atom stereocenters. The molecule has 3 fully saturated rings. The lowest BCUT2D eigenvalue weighted by Crippen LogP contribution is -2.48. The molecule has 2 heterocycles. The van der Waals surface area contributed by atoms with Gasteiger partial charge in [-0.05, 0) is 45.0 Å². The van der Waals surface area contributed by atoms with E-state index < -0.39 is 5.60 Å². The summed E-state index contributed by atoms with van der Waals surface area (Å²) >= 11 is 0.